The van der Waals surface area contributed by atoms with Crippen molar-refractivity contribution < 1.29 is 18.8 Å². The van der Waals surface area contributed by atoms with Crippen LogP contribution in [-0.4, -0.2) is 29.8 Å². The van der Waals surface area contributed by atoms with Crippen LogP contribution in [0.15, 0.2) is 22.7 Å². The first kappa shape index (κ1) is 18.2. The summed E-state index contributed by atoms with van der Waals surface area (Å²) in [6.07, 6.45) is 3.17. The fourth-order valence-corrected chi connectivity index (χ4v) is 2.44. The van der Waals surface area contributed by atoms with Gasteiger partial charge in [0.1, 0.15) is 0 Å². The second-order valence-corrected chi connectivity index (χ2v) is 6.90. The van der Waals surface area contributed by atoms with Gasteiger partial charge >= 0.3 is 0 Å². The van der Waals surface area contributed by atoms with Gasteiger partial charge in [0.2, 0.25) is 5.89 Å². The van der Waals surface area contributed by atoms with Crippen molar-refractivity contribution in [1.82, 2.24) is 15.5 Å². The molecule has 0 unspecified atom stereocenters. The first-order chi connectivity index (χ1) is 12.6. The van der Waals surface area contributed by atoms with Crippen LogP contribution in [0.1, 0.15) is 61.1 Å². The van der Waals surface area contributed by atoms with Gasteiger partial charge in [-0.2, -0.15) is 4.98 Å². The molecule has 0 bridgehead atoms. The van der Waals surface area contributed by atoms with E-state index < -0.39 is 0 Å². The molecule has 26 heavy (non-hydrogen) atoms. The van der Waals surface area contributed by atoms with Gasteiger partial charge in [0, 0.05) is 11.5 Å². The lowest BCUT2D eigenvalue weighted by Gasteiger charge is -2.13. The maximum Gasteiger partial charge on any atom is 0.251 e. The molecule has 0 atom stereocenters. The molecular weight excluding hydrogens is 334 g/mol. The number of methoxy groups -OCH3 is 1. The maximum absolute atomic E-state index is 12.4. The molecule has 0 saturated heterocycles. The van der Waals surface area contributed by atoms with Crippen molar-refractivity contribution in [2.24, 2.45) is 5.92 Å². The number of hydrogen-bond donors (Lipinski definition) is 1. The predicted octanol–water partition coefficient (Wildman–Crippen LogP) is 3.31. The van der Waals surface area contributed by atoms with E-state index in [9.17, 15) is 4.79 Å². The summed E-state index contributed by atoms with van der Waals surface area (Å²) in [6, 6.07) is 5.14. The van der Waals surface area contributed by atoms with Crippen LogP contribution >= 0.6 is 0 Å². The molecule has 7 nitrogen and oxygen atoms in total. The van der Waals surface area contributed by atoms with Crippen LogP contribution in [0.3, 0.4) is 0 Å². The summed E-state index contributed by atoms with van der Waals surface area (Å²) in [6.45, 7) is 5.10. The van der Waals surface area contributed by atoms with E-state index in [1.165, 1.54) is 0 Å². The number of carbonyl (C=O) groups excluding carboxylic acids is 1. The lowest BCUT2D eigenvalue weighted by molar-refractivity contribution is 0.0946. The van der Waals surface area contributed by atoms with E-state index in [2.05, 4.69) is 29.3 Å². The Kier molecular flexibility index (Phi) is 5.75. The van der Waals surface area contributed by atoms with Crippen LogP contribution in [0.2, 0.25) is 0 Å². The fraction of sp³-hybridized carbons (Fsp3) is 0.526. The zero-order valence-corrected chi connectivity index (χ0v) is 15.4. The van der Waals surface area contributed by atoms with Crippen LogP contribution in [0.25, 0.3) is 0 Å². The third-order valence-corrected chi connectivity index (χ3v) is 4.21. The summed E-state index contributed by atoms with van der Waals surface area (Å²) < 4.78 is 16.3. The lowest BCUT2D eigenvalue weighted by Crippen LogP contribution is -2.23. The molecule has 1 N–H and O–H groups in total. The molecule has 0 radical (unpaired) electrons. The highest BCUT2D eigenvalue weighted by Gasteiger charge is 2.28. The van der Waals surface area contributed by atoms with Gasteiger partial charge in [-0.15, -0.1) is 0 Å². The molecule has 0 spiro atoms. The Morgan fingerprint density at radius 2 is 2.15 bits per heavy atom. The molecule has 140 valence electrons. The summed E-state index contributed by atoms with van der Waals surface area (Å²) in [7, 11) is 1.56. The normalized spacial score (nSPS) is 13.7. The maximum atomic E-state index is 12.4. The van der Waals surface area contributed by atoms with Crippen LogP contribution in [0, 0.1) is 5.92 Å². The van der Waals surface area contributed by atoms with Crippen LogP contribution in [0.5, 0.6) is 11.5 Å². The van der Waals surface area contributed by atoms with Gasteiger partial charge in [-0.3, -0.25) is 4.79 Å². The first-order valence-electron chi connectivity index (χ1n) is 8.98. The van der Waals surface area contributed by atoms with Gasteiger partial charge in [0.15, 0.2) is 17.3 Å². The number of amides is 1. The molecule has 7 heteroatoms. The second kappa shape index (κ2) is 8.21. The summed E-state index contributed by atoms with van der Waals surface area (Å²) in [5, 5.41) is 6.72. The predicted molar refractivity (Wildman–Crippen MR) is 95.4 cm³/mol. The number of aromatic nitrogens is 2. The van der Waals surface area contributed by atoms with Gasteiger partial charge in [0.25, 0.3) is 5.91 Å². The Hall–Kier alpha value is -2.57. The third-order valence-electron chi connectivity index (χ3n) is 4.21. The van der Waals surface area contributed by atoms with Crippen molar-refractivity contribution >= 4 is 5.91 Å². The average Bonchev–Trinajstić information content (AvgIpc) is 3.38. The Morgan fingerprint density at radius 1 is 1.35 bits per heavy atom. The summed E-state index contributed by atoms with van der Waals surface area (Å²) in [5.41, 5.74) is 0.486. The zero-order valence-electron chi connectivity index (χ0n) is 15.4. The van der Waals surface area contributed by atoms with Crippen molar-refractivity contribution in [3.05, 3.63) is 35.5 Å². The van der Waals surface area contributed by atoms with Crippen LogP contribution in [-0.2, 0) is 6.54 Å². The van der Waals surface area contributed by atoms with Gasteiger partial charge < -0.3 is 19.3 Å². The molecule has 1 amide bonds. The molecule has 1 aromatic carbocycles. The molecule has 2 aromatic rings. The highest BCUT2D eigenvalue weighted by Crippen LogP contribution is 2.38. The van der Waals surface area contributed by atoms with Crippen molar-refractivity contribution in [2.45, 2.75) is 45.6 Å². The molecular formula is C19H25N3O4. The minimum Gasteiger partial charge on any atom is -0.493 e. The number of nitrogens with zero attached hydrogens (tertiary/aromatic N) is 2. The van der Waals surface area contributed by atoms with Gasteiger partial charge in [-0.25, -0.2) is 0 Å². The Bertz CT molecular complexity index is 753. The third kappa shape index (κ3) is 4.74. The van der Waals surface area contributed by atoms with Crippen molar-refractivity contribution in [2.75, 3.05) is 13.7 Å². The van der Waals surface area contributed by atoms with E-state index in [0.717, 1.165) is 25.1 Å². The summed E-state index contributed by atoms with van der Waals surface area (Å²) >= 11 is 0. The Morgan fingerprint density at radius 3 is 2.85 bits per heavy atom. The Labute approximate surface area is 153 Å². The number of hydrogen-bond acceptors (Lipinski definition) is 6. The van der Waals surface area contributed by atoms with Gasteiger partial charge in [0.05, 0.1) is 20.3 Å². The zero-order chi connectivity index (χ0) is 18.5. The van der Waals surface area contributed by atoms with Crippen LogP contribution in [0.4, 0.5) is 0 Å². The number of nitrogens with one attached hydrogen (secondary N) is 1. The van der Waals surface area contributed by atoms with E-state index in [1.54, 1.807) is 25.3 Å². The number of carbonyl (C=O) groups is 1. The second-order valence-electron chi connectivity index (χ2n) is 6.90. The van der Waals surface area contributed by atoms with E-state index >= 15 is 0 Å². The average molecular weight is 359 g/mol. The molecule has 1 aromatic heterocycles. The molecule has 1 aliphatic carbocycles. The summed E-state index contributed by atoms with van der Waals surface area (Å²) in [4.78, 5) is 16.7. The minimum atomic E-state index is -0.233. The largest absolute Gasteiger partial charge is 0.493 e. The van der Waals surface area contributed by atoms with Crippen molar-refractivity contribution in [3.63, 3.8) is 0 Å². The van der Waals surface area contributed by atoms with Crippen LogP contribution < -0.4 is 14.8 Å². The molecule has 0 aliphatic heterocycles. The molecule has 1 aliphatic rings. The molecule has 3 rings (SSSR count). The molecule has 1 fully saturated rings. The monoisotopic (exact) mass is 359 g/mol. The fourth-order valence-electron chi connectivity index (χ4n) is 2.44. The van der Waals surface area contributed by atoms with E-state index in [1.807, 2.05) is 0 Å². The molecule has 1 saturated carbocycles. The SMILES string of the molecule is COc1cc(C(=O)NCc2nc(C3CC3)no2)ccc1OCCC(C)C. The van der Waals surface area contributed by atoms with Gasteiger partial charge in [-0.1, -0.05) is 19.0 Å². The summed E-state index contributed by atoms with van der Waals surface area (Å²) in [5.74, 6) is 3.08. The van der Waals surface area contributed by atoms with Crippen molar-refractivity contribution in [3.8, 4) is 11.5 Å². The lowest BCUT2D eigenvalue weighted by atomic mass is 10.1. The number of ether oxygens (including phenoxy) is 2. The Balaban J connectivity index is 1.57. The van der Waals surface area contributed by atoms with Gasteiger partial charge in [-0.05, 0) is 43.4 Å². The quantitative estimate of drug-likeness (QED) is 0.739. The highest BCUT2D eigenvalue weighted by atomic mass is 16.5. The standard InChI is InChI=1S/C19H25N3O4/c1-12(2)8-9-25-15-7-6-14(10-16(15)24-3)19(23)20-11-17-21-18(22-26-17)13-4-5-13/h6-7,10,12-13H,4-5,8-9,11H2,1-3H3,(H,20,23). The van der Waals surface area contributed by atoms with E-state index in [-0.39, 0.29) is 12.5 Å². The minimum absolute atomic E-state index is 0.202. The number of benzene rings is 1. The number of rotatable bonds is 9. The van der Waals surface area contributed by atoms with E-state index in [4.69, 9.17) is 14.0 Å². The first-order valence-corrected chi connectivity index (χ1v) is 8.98. The highest BCUT2D eigenvalue weighted by molar-refractivity contribution is 5.94. The smallest absolute Gasteiger partial charge is 0.251 e. The topological polar surface area (TPSA) is 86.5 Å². The van der Waals surface area contributed by atoms with E-state index in [0.29, 0.717) is 41.4 Å². The molecule has 1 heterocycles. The van der Waals surface area contributed by atoms with Crippen molar-refractivity contribution in [1.29, 1.82) is 0 Å².